The molecule has 3 heterocycles. The minimum absolute atomic E-state index is 0.0421. The van der Waals surface area contributed by atoms with E-state index in [1.54, 1.807) is 4.68 Å². The molecule has 6 nitrogen and oxygen atoms in total. The van der Waals surface area contributed by atoms with Crippen molar-refractivity contribution in [2.75, 3.05) is 19.6 Å². The Morgan fingerprint density at radius 3 is 3.00 bits per heavy atom. The molecule has 0 radical (unpaired) electrons. The summed E-state index contributed by atoms with van der Waals surface area (Å²) in [6, 6.07) is 8.21. The molecular formula is C19H23N5O. The topological polar surface area (TPSA) is 66.0 Å². The number of fused-ring (bicyclic) bond motifs is 1. The minimum atomic E-state index is 0.0421. The maximum atomic E-state index is 13.1. The number of amides is 1. The number of nitrogens with zero attached hydrogens (tertiary/aromatic N) is 3. The summed E-state index contributed by atoms with van der Waals surface area (Å²) in [4.78, 5) is 18.5. The zero-order valence-electron chi connectivity index (χ0n) is 14.6. The quantitative estimate of drug-likeness (QED) is 0.767. The van der Waals surface area contributed by atoms with Gasteiger partial charge in [0.2, 0.25) is 5.91 Å². The van der Waals surface area contributed by atoms with E-state index < -0.39 is 0 Å². The van der Waals surface area contributed by atoms with E-state index in [2.05, 4.69) is 27.5 Å². The van der Waals surface area contributed by atoms with Crippen LogP contribution in [0.3, 0.4) is 0 Å². The second-order valence-corrected chi connectivity index (χ2v) is 6.71. The van der Waals surface area contributed by atoms with Crippen molar-refractivity contribution in [3.63, 3.8) is 0 Å². The van der Waals surface area contributed by atoms with Crippen molar-refractivity contribution in [2.45, 2.75) is 19.4 Å². The highest BCUT2D eigenvalue weighted by Gasteiger charge is 2.29. The van der Waals surface area contributed by atoms with E-state index in [1.807, 2.05) is 43.4 Å². The maximum Gasteiger partial charge on any atom is 0.227 e. The van der Waals surface area contributed by atoms with Gasteiger partial charge in [-0.3, -0.25) is 9.48 Å². The highest BCUT2D eigenvalue weighted by Crippen LogP contribution is 2.26. The first-order valence-corrected chi connectivity index (χ1v) is 8.68. The number of aromatic amines is 1. The Morgan fingerprint density at radius 1 is 1.36 bits per heavy atom. The second kappa shape index (κ2) is 6.37. The number of aryl methyl sites for hydroxylation is 2. The number of piperazine rings is 1. The summed E-state index contributed by atoms with van der Waals surface area (Å²) in [5.41, 5.74) is 4.34. The predicted molar refractivity (Wildman–Crippen MR) is 97.3 cm³/mol. The van der Waals surface area contributed by atoms with Gasteiger partial charge in [0.05, 0.1) is 18.7 Å². The van der Waals surface area contributed by atoms with Gasteiger partial charge in [0, 0.05) is 55.0 Å². The van der Waals surface area contributed by atoms with Gasteiger partial charge in [0.1, 0.15) is 0 Å². The third-order valence-corrected chi connectivity index (χ3v) is 5.03. The van der Waals surface area contributed by atoms with Crippen LogP contribution in [0.2, 0.25) is 0 Å². The van der Waals surface area contributed by atoms with Gasteiger partial charge < -0.3 is 15.2 Å². The number of H-pyrrole nitrogens is 1. The van der Waals surface area contributed by atoms with Gasteiger partial charge in [-0.2, -0.15) is 5.10 Å². The fourth-order valence-corrected chi connectivity index (χ4v) is 3.73. The molecule has 1 aliphatic heterocycles. The van der Waals surface area contributed by atoms with E-state index in [1.165, 1.54) is 0 Å². The molecule has 1 aliphatic rings. The number of para-hydroxylation sites is 1. The number of benzene rings is 1. The SMILES string of the molecule is Cc1[nH]c2ccccc2c1CC(=O)N1CCNCC1c1cnn(C)c1. The minimum Gasteiger partial charge on any atom is -0.358 e. The summed E-state index contributed by atoms with van der Waals surface area (Å²) in [5.74, 6) is 0.170. The van der Waals surface area contributed by atoms with E-state index in [9.17, 15) is 4.79 Å². The molecule has 4 rings (SSSR count). The second-order valence-electron chi connectivity index (χ2n) is 6.71. The molecule has 1 atom stereocenters. The van der Waals surface area contributed by atoms with Crippen LogP contribution < -0.4 is 5.32 Å². The normalized spacial score (nSPS) is 18.0. The monoisotopic (exact) mass is 337 g/mol. The molecule has 0 spiro atoms. The summed E-state index contributed by atoms with van der Waals surface area (Å²) >= 11 is 0. The lowest BCUT2D eigenvalue weighted by atomic mass is 10.0. The number of aromatic nitrogens is 3. The Balaban J connectivity index is 1.61. The lowest BCUT2D eigenvalue weighted by Gasteiger charge is -2.36. The summed E-state index contributed by atoms with van der Waals surface area (Å²) < 4.78 is 1.79. The first kappa shape index (κ1) is 15.9. The van der Waals surface area contributed by atoms with Crippen LogP contribution in [0.4, 0.5) is 0 Å². The van der Waals surface area contributed by atoms with Gasteiger partial charge in [-0.25, -0.2) is 0 Å². The Labute approximate surface area is 146 Å². The highest BCUT2D eigenvalue weighted by molar-refractivity contribution is 5.90. The van der Waals surface area contributed by atoms with Crippen molar-refractivity contribution >= 4 is 16.8 Å². The van der Waals surface area contributed by atoms with E-state index in [0.717, 1.165) is 47.4 Å². The average Bonchev–Trinajstić information content (AvgIpc) is 3.19. The molecule has 3 aromatic rings. The summed E-state index contributed by atoms with van der Waals surface area (Å²) in [6.45, 7) is 4.36. The molecule has 1 unspecified atom stereocenters. The first-order valence-electron chi connectivity index (χ1n) is 8.68. The molecule has 1 aromatic carbocycles. The Hall–Kier alpha value is -2.60. The molecule has 130 valence electrons. The molecule has 1 amide bonds. The van der Waals surface area contributed by atoms with Crippen LogP contribution in [-0.4, -0.2) is 45.2 Å². The standard InChI is InChI=1S/C19H23N5O/c1-13-16(15-5-3-4-6-17(15)22-13)9-19(25)24-8-7-20-11-18(24)14-10-21-23(2)12-14/h3-6,10,12,18,20,22H,7-9,11H2,1-2H3. The molecule has 1 fully saturated rings. The third-order valence-electron chi connectivity index (χ3n) is 5.03. The number of rotatable bonds is 3. The highest BCUT2D eigenvalue weighted by atomic mass is 16.2. The third kappa shape index (κ3) is 2.93. The van der Waals surface area contributed by atoms with Gasteiger partial charge in [-0.1, -0.05) is 18.2 Å². The van der Waals surface area contributed by atoms with Crippen molar-refractivity contribution < 1.29 is 4.79 Å². The summed E-state index contributed by atoms with van der Waals surface area (Å²) in [5, 5.41) is 8.79. The van der Waals surface area contributed by atoms with Crippen LogP contribution in [0.25, 0.3) is 10.9 Å². The van der Waals surface area contributed by atoms with Crippen LogP contribution in [0.5, 0.6) is 0 Å². The predicted octanol–water partition coefficient (Wildman–Crippen LogP) is 1.93. The van der Waals surface area contributed by atoms with Gasteiger partial charge >= 0.3 is 0 Å². The number of hydrogen-bond donors (Lipinski definition) is 2. The maximum absolute atomic E-state index is 13.1. The molecule has 0 bridgehead atoms. The molecule has 0 saturated carbocycles. The van der Waals surface area contributed by atoms with Crippen molar-refractivity contribution in [2.24, 2.45) is 7.05 Å². The average molecular weight is 337 g/mol. The molecule has 25 heavy (non-hydrogen) atoms. The Bertz CT molecular complexity index is 910. The summed E-state index contributed by atoms with van der Waals surface area (Å²) in [7, 11) is 1.90. The molecular weight excluding hydrogens is 314 g/mol. The van der Waals surface area contributed by atoms with E-state index in [-0.39, 0.29) is 11.9 Å². The van der Waals surface area contributed by atoms with Gasteiger partial charge in [0.15, 0.2) is 0 Å². The van der Waals surface area contributed by atoms with Crippen molar-refractivity contribution in [3.8, 4) is 0 Å². The van der Waals surface area contributed by atoms with Crippen LogP contribution in [0, 0.1) is 6.92 Å². The van der Waals surface area contributed by atoms with E-state index >= 15 is 0 Å². The zero-order valence-corrected chi connectivity index (χ0v) is 14.6. The van der Waals surface area contributed by atoms with E-state index in [4.69, 9.17) is 0 Å². The lowest BCUT2D eigenvalue weighted by molar-refractivity contribution is -0.133. The number of hydrogen-bond acceptors (Lipinski definition) is 3. The molecule has 1 saturated heterocycles. The molecule has 2 N–H and O–H groups in total. The molecule has 2 aromatic heterocycles. The Morgan fingerprint density at radius 2 is 2.20 bits per heavy atom. The number of carbonyl (C=O) groups is 1. The van der Waals surface area contributed by atoms with E-state index in [0.29, 0.717) is 6.42 Å². The fourth-order valence-electron chi connectivity index (χ4n) is 3.73. The number of carbonyl (C=O) groups excluding carboxylic acids is 1. The van der Waals surface area contributed by atoms with Crippen molar-refractivity contribution in [3.05, 3.63) is 53.5 Å². The molecule has 0 aliphatic carbocycles. The fraction of sp³-hybridized carbons (Fsp3) is 0.368. The zero-order chi connectivity index (χ0) is 17.4. The first-order chi connectivity index (χ1) is 12.1. The van der Waals surface area contributed by atoms with Gasteiger partial charge in [-0.05, 0) is 18.6 Å². The molecule has 6 heteroatoms. The van der Waals surface area contributed by atoms with Crippen LogP contribution in [-0.2, 0) is 18.3 Å². The van der Waals surface area contributed by atoms with Crippen LogP contribution in [0.1, 0.15) is 22.9 Å². The number of nitrogens with one attached hydrogen (secondary N) is 2. The van der Waals surface area contributed by atoms with Gasteiger partial charge in [-0.15, -0.1) is 0 Å². The smallest absolute Gasteiger partial charge is 0.227 e. The van der Waals surface area contributed by atoms with Crippen molar-refractivity contribution in [1.29, 1.82) is 0 Å². The van der Waals surface area contributed by atoms with Crippen LogP contribution in [0.15, 0.2) is 36.7 Å². The summed E-state index contributed by atoms with van der Waals surface area (Å²) in [6.07, 6.45) is 4.27. The largest absolute Gasteiger partial charge is 0.358 e. The van der Waals surface area contributed by atoms with Gasteiger partial charge in [0.25, 0.3) is 0 Å². The van der Waals surface area contributed by atoms with Crippen LogP contribution >= 0.6 is 0 Å². The lowest BCUT2D eigenvalue weighted by Crippen LogP contribution is -2.49. The Kier molecular flexibility index (Phi) is 4.05. The van der Waals surface area contributed by atoms with Crippen molar-refractivity contribution in [1.82, 2.24) is 25.0 Å².